The van der Waals surface area contributed by atoms with Crippen molar-refractivity contribution < 1.29 is 17.9 Å². The standard InChI is InChI=1S/C18H21BrN2O4S/c1-3-10-25-18-16(19)11-14(12-17(18)24-4-2)13-20-21-26(22,23)15-8-6-5-7-9-15/h5-9,11-13,21H,3-4,10H2,1-2H3/b20-13+. The predicted molar refractivity (Wildman–Crippen MR) is 105 cm³/mol. The summed E-state index contributed by atoms with van der Waals surface area (Å²) in [4.78, 5) is 2.35. The van der Waals surface area contributed by atoms with Crippen LogP contribution in [0.25, 0.3) is 0 Å². The van der Waals surface area contributed by atoms with Gasteiger partial charge >= 0.3 is 0 Å². The molecule has 0 fully saturated rings. The highest BCUT2D eigenvalue weighted by Gasteiger charge is 2.13. The Balaban J connectivity index is 2.19. The second-order valence-electron chi connectivity index (χ2n) is 5.28. The molecule has 140 valence electrons. The monoisotopic (exact) mass is 440 g/mol. The Kier molecular flexibility index (Phi) is 7.47. The summed E-state index contributed by atoms with van der Waals surface area (Å²) in [5.41, 5.74) is 0.667. The van der Waals surface area contributed by atoms with Crippen LogP contribution >= 0.6 is 15.9 Å². The topological polar surface area (TPSA) is 77.0 Å². The van der Waals surface area contributed by atoms with E-state index in [0.29, 0.717) is 34.7 Å². The minimum absolute atomic E-state index is 0.150. The molecule has 2 rings (SSSR count). The van der Waals surface area contributed by atoms with Crippen LogP contribution in [0.3, 0.4) is 0 Å². The van der Waals surface area contributed by atoms with E-state index in [4.69, 9.17) is 9.47 Å². The van der Waals surface area contributed by atoms with Crippen molar-refractivity contribution in [3.8, 4) is 11.5 Å². The molecule has 1 N–H and O–H groups in total. The van der Waals surface area contributed by atoms with Crippen molar-refractivity contribution in [1.29, 1.82) is 0 Å². The molecule has 0 amide bonds. The maximum absolute atomic E-state index is 12.2. The number of hydrazone groups is 1. The van der Waals surface area contributed by atoms with Crippen LogP contribution in [0.15, 0.2) is 56.9 Å². The number of nitrogens with zero attached hydrogens (tertiary/aromatic N) is 1. The van der Waals surface area contributed by atoms with Gasteiger partial charge in [0.15, 0.2) is 11.5 Å². The van der Waals surface area contributed by atoms with Crippen LogP contribution in [-0.4, -0.2) is 27.8 Å². The summed E-state index contributed by atoms with van der Waals surface area (Å²) in [5.74, 6) is 1.19. The number of nitrogens with one attached hydrogen (secondary N) is 1. The van der Waals surface area contributed by atoms with Crippen molar-refractivity contribution >= 4 is 32.2 Å². The van der Waals surface area contributed by atoms with Gasteiger partial charge in [0, 0.05) is 0 Å². The average molecular weight is 441 g/mol. The summed E-state index contributed by atoms with van der Waals surface area (Å²) >= 11 is 3.46. The molecule has 0 spiro atoms. The van der Waals surface area contributed by atoms with E-state index >= 15 is 0 Å². The molecule has 0 saturated heterocycles. The SMILES string of the molecule is CCCOc1c(Br)cc(/C=N/NS(=O)(=O)c2ccccc2)cc1OCC. The van der Waals surface area contributed by atoms with Crippen molar-refractivity contribution in [3.63, 3.8) is 0 Å². The number of hydrogen-bond acceptors (Lipinski definition) is 5. The van der Waals surface area contributed by atoms with E-state index in [1.165, 1.54) is 18.3 Å². The van der Waals surface area contributed by atoms with Crippen molar-refractivity contribution in [2.24, 2.45) is 5.10 Å². The van der Waals surface area contributed by atoms with Gasteiger partial charge in [-0.05, 0) is 59.1 Å². The second-order valence-corrected chi connectivity index (χ2v) is 7.79. The van der Waals surface area contributed by atoms with E-state index in [9.17, 15) is 8.42 Å². The van der Waals surface area contributed by atoms with Gasteiger partial charge in [0.1, 0.15) is 0 Å². The lowest BCUT2D eigenvalue weighted by molar-refractivity contribution is 0.275. The molecule has 2 aromatic carbocycles. The summed E-state index contributed by atoms with van der Waals surface area (Å²) in [6, 6.07) is 11.6. The number of halogens is 1. The van der Waals surface area contributed by atoms with Crippen molar-refractivity contribution in [2.45, 2.75) is 25.2 Å². The molecule has 0 unspecified atom stereocenters. The van der Waals surface area contributed by atoms with Gasteiger partial charge in [-0.1, -0.05) is 25.1 Å². The Morgan fingerprint density at radius 1 is 1.15 bits per heavy atom. The minimum atomic E-state index is -3.70. The molecule has 6 nitrogen and oxygen atoms in total. The van der Waals surface area contributed by atoms with Crippen LogP contribution in [0.5, 0.6) is 11.5 Å². The molecule has 26 heavy (non-hydrogen) atoms. The van der Waals surface area contributed by atoms with Crippen molar-refractivity contribution in [2.75, 3.05) is 13.2 Å². The fourth-order valence-electron chi connectivity index (χ4n) is 2.09. The molecule has 0 aromatic heterocycles. The third-order valence-corrected chi connectivity index (χ3v) is 5.05. The van der Waals surface area contributed by atoms with Gasteiger partial charge in [0.2, 0.25) is 0 Å². The number of sulfonamides is 1. The number of rotatable bonds is 9. The van der Waals surface area contributed by atoms with Gasteiger partial charge in [-0.25, -0.2) is 4.83 Å². The molecule has 0 radical (unpaired) electrons. The van der Waals surface area contributed by atoms with Gasteiger partial charge in [0.25, 0.3) is 10.0 Å². The molecule has 0 aliphatic heterocycles. The Morgan fingerprint density at radius 2 is 1.88 bits per heavy atom. The predicted octanol–water partition coefficient (Wildman–Crippen LogP) is 3.95. The van der Waals surface area contributed by atoms with E-state index in [1.807, 2.05) is 13.8 Å². The number of hydrogen-bond donors (Lipinski definition) is 1. The Hall–Kier alpha value is -2.06. The van der Waals surface area contributed by atoms with Crippen LogP contribution in [0.4, 0.5) is 0 Å². The third-order valence-electron chi connectivity index (χ3n) is 3.22. The Morgan fingerprint density at radius 3 is 2.54 bits per heavy atom. The number of benzene rings is 2. The summed E-state index contributed by atoms with van der Waals surface area (Å²) in [6.45, 7) is 4.96. The van der Waals surface area contributed by atoms with E-state index in [2.05, 4.69) is 25.9 Å². The molecule has 0 saturated carbocycles. The van der Waals surface area contributed by atoms with E-state index < -0.39 is 10.0 Å². The molecule has 0 aliphatic rings. The zero-order valence-corrected chi connectivity index (χ0v) is 17.0. The molecule has 0 heterocycles. The first-order valence-corrected chi connectivity index (χ1v) is 10.4. The minimum Gasteiger partial charge on any atom is -0.490 e. The fourth-order valence-corrected chi connectivity index (χ4v) is 3.48. The van der Waals surface area contributed by atoms with Crippen LogP contribution in [0, 0.1) is 0 Å². The Labute approximate surface area is 162 Å². The first-order valence-electron chi connectivity index (χ1n) is 8.17. The molecule has 0 bridgehead atoms. The van der Waals surface area contributed by atoms with E-state index in [1.54, 1.807) is 30.3 Å². The normalized spacial score (nSPS) is 11.5. The summed E-state index contributed by atoms with van der Waals surface area (Å²) in [7, 11) is -3.70. The van der Waals surface area contributed by atoms with Crippen molar-refractivity contribution in [3.05, 3.63) is 52.5 Å². The lowest BCUT2D eigenvalue weighted by atomic mass is 10.2. The zero-order valence-electron chi connectivity index (χ0n) is 14.6. The van der Waals surface area contributed by atoms with Crippen LogP contribution in [0.1, 0.15) is 25.8 Å². The fraction of sp³-hybridized carbons (Fsp3) is 0.278. The quantitative estimate of drug-likeness (QED) is 0.472. The van der Waals surface area contributed by atoms with Crippen LogP contribution in [-0.2, 0) is 10.0 Å². The Bertz CT molecular complexity index is 855. The van der Waals surface area contributed by atoms with E-state index in [-0.39, 0.29) is 4.90 Å². The number of ether oxygens (including phenoxy) is 2. The smallest absolute Gasteiger partial charge is 0.276 e. The zero-order chi connectivity index (χ0) is 19.0. The highest BCUT2D eigenvalue weighted by Crippen LogP contribution is 2.36. The van der Waals surface area contributed by atoms with E-state index in [0.717, 1.165) is 6.42 Å². The van der Waals surface area contributed by atoms with Crippen LogP contribution in [0.2, 0.25) is 0 Å². The maximum Gasteiger partial charge on any atom is 0.276 e. The van der Waals surface area contributed by atoms with Gasteiger partial charge in [0.05, 0.1) is 28.8 Å². The van der Waals surface area contributed by atoms with Crippen LogP contribution < -0.4 is 14.3 Å². The van der Waals surface area contributed by atoms with Gasteiger partial charge in [-0.3, -0.25) is 0 Å². The first kappa shape index (κ1) is 20.3. The lowest BCUT2D eigenvalue weighted by Crippen LogP contribution is -2.18. The highest BCUT2D eigenvalue weighted by molar-refractivity contribution is 9.10. The maximum atomic E-state index is 12.2. The summed E-state index contributed by atoms with van der Waals surface area (Å²) < 4.78 is 36.3. The highest BCUT2D eigenvalue weighted by atomic mass is 79.9. The molecular formula is C18H21BrN2O4S. The lowest BCUT2D eigenvalue weighted by Gasteiger charge is -2.14. The first-order chi connectivity index (χ1) is 12.5. The molecule has 2 aromatic rings. The summed E-state index contributed by atoms with van der Waals surface area (Å²) in [5, 5.41) is 3.84. The average Bonchev–Trinajstić information content (AvgIpc) is 2.62. The largest absolute Gasteiger partial charge is 0.490 e. The second kappa shape index (κ2) is 9.59. The third kappa shape index (κ3) is 5.47. The summed E-state index contributed by atoms with van der Waals surface area (Å²) in [6.07, 6.45) is 2.29. The van der Waals surface area contributed by atoms with Gasteiger partial charge < -0.3 is 9.47 Å². The van der Waals surface area contributed by atoms with Gasteiger partial charge in [-0.15, -0.1) is 0 Å². The molecule has 0 atom stereocenters. The molecule has 8 heteroatoms. The van der Waals surface area contributed by atoms with Crippen molar-refractivity contribution in [1.82, 2.24) is 4.83 Å². The molecular weight excluding hydrogens is 420 g/mol. The molecule has 0 aliphatic carbocycles. The van der Waals surface area contributed by atoms with Gasteiger partial charge in [-0.2, -0.15) is 13.5 Å².